The third-order valence-corrected chi connectivity index (χ3v) is 4.06. The maximum Gasteiger partial charge on any atom is 0.371 e. The number of nitrogens with zero attached hydrogens (tertiary/aromatic N) is 2. The van der Waals surface area contributed by atoms with Gasteiger partial charge in [0, 0.05) is 19.3 Å². The van der Waals surface area contributed by atoms with Crippen molar-refractivity contribution < 1.29 is 23.9 Å². The lowest BCUT2D eigenvalue weighted by atomic mass is 10.2. The molecular formula is C17H16N2O5. The number of rotatable bonds is 4. The van der Waals surface area contributed by atoms with Crippen LogP contribution in [0.5, 0.6) is 0 Å². The van der Waals surface area contributed by atoms with E-state index < -0.39 is 17.9 Å². The Kier molecular flexibility index (Phi) is 4.07. The fourth-order valence-electron chi connectivity index (χ4n) is 2.77. The number of carboxylic acid groups (broad SMARTS) is 1. The Labute approximate surface area is 138 Å². The van der Waals surface area contributed by atoms with Crippen LogP contribution in [0.1, 0.15) is 27.5 Å². The molecule has 7 heteroatoms. The van der Waals surface area contributed by atoms with Gasteiger partial charge in [0.2, 0.25) is 11.7 Å². The first kappa shape index (κ1) is 15.8. The minimum absolute atomic E-state index is 0.0964. The molecule has 0 radical (unpaired) electrons. The molecule has 2 aromatic rings. The molecule has 0 saturated carbocycles. The number of anilines is 1. The molecule has 0 aliphatic carbocycles. The quantitative estimate of drug-likeness (QED) is 0.925. The average molecular weight is 328 g/mol. The predicted molar refractivity (Wildman–Crippen MR) is 85.0 cm³/mol. The Morgan fingerprint density at radius 3 is 2.46 bits per heavy atom. The Bertz CT molecular complexity index is 783. The number of aromatic carboxylic acids is 1. The first-order chi connectivity index (χ1) is 11.5. The summed E-state index contributed by atoms with van der Waals surface area (Å²) in [5.41, 5.74) is 0.789. The van der Waals surface area contributed by atoms with Crippen LogP contribution in [0.2, 0.25) is 0 Å². The minimum atomic E-state index is -1.25. The van der Waals surface area contributed by atoms with Crippen molar-refractivity contribution in [2.45, 2.75) is 12.5 Å². The van der Waals surface area contributed by atoms with Gasteiger partial charge in [0.05, 0.1) is 0 Å². The van der Waals surface area contributed by atoms with Crippen LogP contribution in [0.25, 0.3) is 0 Å². The van der Waals surface area contributed by atoms with Gasteiger partial charge < -0.3 is 19.3 Å². The van der Waals surface area contributed by atoms with Crippen molar-refractivity contribution in [3.8, 4) is 0 Å². The zero-order chi connectivity index (χ0) is 17.3. The molecule has 124 valence electrons. The Morgan fingerprint density at radius 2 is 1.83 bits per heavy atom. The molecule has 1 N–H and O–H groups in total. The summed E-state index contributed by atoms with van der Waals surface area (Å²) in [7, 11) is 1.52. The van der Waals surface area contributed by atoms with Gasteiger partial charge in [-0.15, -0.1) is 0 Å². The summed E-state index contributed by atoms with van der Waals surface area (Å²) in [5.74, 6) is -2.34. The molecular weight excluding hydrogens is 312 g/mol. The Hall–Kier alpha value is -3.09. The number of hydrogen-bond donors (Lipinski definition) is 1. The molecule has 2 heterocycles. The van der Waals surface area contributed by atoms with Gasteiger partial charge in [0.15, 0.2) is 5.76 Å². The number of benzene rings is 1. The fourth-order valence-corrected chi connectivity index (χ4v) is 2.77. The Morgan fingerprint density at radius 1 is 1.17 bits per heavy atom. The zero-order valence-corrected chi connectivity index (χ0v) is 13.0. The second-order valence-corrected chi connectivity index (χ2v) is 5.52. The maximum absolute atomic E-state index is 12.6. The van der Waals surface area contributed by atoms with E-state index in [9.17, 15) is 14.4 Å². The highest BCUT2D eigenvalue weighted by Crippen LogP contribution is 2.24. The van der Waals surface area contributed by atoms with Crippen molar-refractivity contribution in [1.82, 2.24) is 4.90 Å². The molecule has 1 saturated heterocycles. The van der Waals surface area contributed by atoms with Gasteiger partial charge in [0.1, 0.15) is 6.04 Å². The number of amides is 2. The highest BCUT2D eigenvalue weighted by atomic mass is 16.4. The normalized spacial score (nSPS) is 17.1. The van der Waals surface area contributed by atoms with Crippen molar-refractivity contribution in [3.63, 3.8) is 0 Å². The van der Waals surface area contributed by atoms with Crippen molar-refractivity contribution >= 4 is 23.5 Å². The molecule has 1 fully saturated rings. The number of carbonyl (C=O) groups is 3. The summed E-state index contributed by atoms with van der Waals surface area (Å²) in [6.07, 6.45) is 0.502. The topological polar surface area (TPSA) is 91.1 Å². The first-order valence-electron chi connectivity index (χ1n) is 7.45. The van der Waals surface area contributed by atoms with E-state index in [2.05, 4.69) is 0 Å². The molecule has 1 aromatic carbocycles. The number of likely N-dealkylation sites (N-methyl/N-ethyl adjacent to an activating group) is 1. The lowest BCUT2D eigenvalue weighted by molar-refractivity contribution is -0.120. The third kappa shape index (κ3) is 2.76. The zero-order valence-electron chi connectivity index (χ0n) is 13.0. The Balaban J connectivity index is 1.75. The minimum Gasteiger partial charge on any atom is -0.475 e. The van der Waals surface area contributed by atoms with E-state index in [0.717, 1.165) is 5.69 Å². The fraction of sp³-hybridized carbons (Fsp3) is 0.235. The van der Waals surface area contributed by atoms with Crippen LogP contribution in [-0.2, 0) is 4.79 Å². The monoisotopic (exact) mass is 328 g/mol. The van der Waals surface area contributed by atoms with E-state index in [1.807, 2.05) is 30.3 Å². The lowest BCUT2D eigenvalue weighted by Gasteiger charge is -2.23. The standard InChI is InChI=1S/C17H16N2O5/c1-18(16(21)13-7-8-14(24-13)17(22)23)12-9-10-19(15(12)20)11-5-3-2-4-6-11/h2-8,12H,9-10H2,1H3,(H,22,23)/t12-/m1/s1. The lowest BCUT2D eigenvalue weighted by Crippen LogP contribution is -2.42. The number of carboxylic acids is 1. The van der Waals surface area contributed by atoms with Gasteiger partial charge >= 0.3 is 5.97 Å². The third-order valence-electron chi connectivity index (χ3n) is 4.06. The summed E-state index contributed by atoms with van der Waals surface area (Å²) in [6.45, 7) is 0.518. The second-order valence-electron chi connectivity index (χ2n) is 5.52. The van der Waals surface area contributed by atoms with Crippen molar-refractivity contribution in [1.29, 1.82) is 0 Å². The molecule has 0 unspecified atom stereocenters. The van der Waals surface area contributed by atoms with E-state index >= 15 is 0 Å². The molecule has 1 aliphatic heterocycles. The molecule has 2 amide bonds. The van der Waals surface area contributed by atoms with Crippen molar-refractivity contribution in [2.24, 2.45) is 0 Å². The van der Waals surface area contributed by atoms with Crippen molar-refractivity contribution in [2.75, 3.05) is 18.5 Å². The van der Waals surface area contributed by atoms with Crippen LogP contribution in [0.15, 0.2) is 46.9 Å². The molecule has 0 bridgehead atoms. The van der Waals surface area contributed by atoms with Crippen molar-refractivity contribution in [3.05, 3.63) is 54.0 Å². The van der Waals surface area contributed by atoms with E-state index in [4.69, 9.17) is 9.52 Å². The van der Waals surface area contributed by atoms with Crippen LogP contribution >= 0.6 is 0 Å². The van der Waals surface area contributed by atoms with E-state index in [0.29, 0.717) is 13.0 Å². The molecule has 3 rings (SSSR count). The summed E-state index contributed by atoms with van der Waals surface area (Å²) >= 11 is 0. The second kappa shape index (κ2) is 6.19. The molecule has 0 spiro atoms. The molecule has 1 aliphatic rings. The smallest absolute Gasteiger partial charge is 0.371 e. The number of hydrogen-bond acceptors (Lipinski definition) is 4. The summed E-state index contributed by atoms with van der Waals surface area (Å²) in [5, 5.41) is 8.85. The average Bonchev–Trinajstić information content (AvgIpc) is 3.21. The maximum atomic E-state index is 12.6. The predicted octanol–water partition coefficient (Wildman–Crippen LogP) is 1.86. The molecule has 1 aromatic heterocycles. The largest absolute Gasteiger partial charge is 0.475 e. The van der Waals surface area contributed by atoms with Crippen LogP contribution in [0.3, 0.4) is 0 Å². The van der Waals surface area contributed by atoms with Gasteiger partial charge in [-0.05, 0) is 30.7 Å². The van der Waals surface area contributed by atoms with Gasteiger partial charge in [-0.2, -0.15) is 0 Å². The number of carbonyl (C=O) groups excluding carboxylic acids is 2. The highest BCUT2D eigenvalue weighted by molar-refractivity contribution is 6.03. The van der Waals surface area contributed by atoms with Crippen LogP contribution in [-0.4, -0.2) is 47.4 Å². The van der Waals surface area contributed by atoms with E-state index in [1.165, 1.54) is 24.1 Å². The summed E-state index contributed by atoms with van der Waals surface area (Å²) in [4.78, 5) is 38.8. The van der Waals surface area contributed by atoms with Gasteiger partial charge in [-0.1, -0.05) is 18.2 Å². The number of para-hydroxylation sites is 1. The highest BCUT2D eigenvalue weighted by Gasteiger charge is 2.38. The molecule has 7 nitrogen and oxygen atoms in total. The summed E-state index contributed by atoms with van der Waals surface area (Å²) < 4.78 is 5.02. The van der Waals surface area contributed by atoms with Crippen LogP contribution < -0.4 is 4.90 Å². The molecule has 1 atom stereocenters. The van der Waals surface area contributed by atoms with Crippen LogP contribution in [0.4, 0.5) is 5.69 Å². The van der Waals surface area contributed by atoms with Gasteiger partial charge in [-0.25, -0.2) is 4.79 Å². The van der Waals surface area contributed by atoms with Crippen LogP contribution in [0, 0.1) is 0 Å². The van der Waals surface area contributed by atoms with Gasteiger partial charge in [0.25, 0.3) is 5.91 Å². The SMILES string of the molecule is CN(C(=O)c1ccc(C(=O)O)o1)[C@@H]1CCN(c2ccccc2)C1=O. The van der Waals surface area contributed by atoms with E-state index in [-0.39, 0.29) is 17.4 Å². The molecule has 24 heavy (non-hydrogen) atoms. The summed E-state index contributed by atoms with van der Waals surface area (Å²) in [6, 6.07) is 11.2. The van der Waals surface area contributed by atoms with Gasteiger partial charge in [-0.3, -0.25) is 9.59 Å². The van der Waals surface area contributed by atoms with E-state index in [1.54, 1.807) is 4.90 Å². The first-order valence-corrected chi connectivity index (χ1v) is 7.45. The number of furan rings is 1.